The van der Waals surface area contributed by atoms with Gasteiger partial charge in [0.25, 0.3) is 0 Å². The summed E-state index contributed by atoms with van der Waals surface area (Å²) in [6, 6.07) is 15.2. The van der Waals surface area contributed by atoms with Crippen molar-refractivity contribution in [1.82, 2.24) is 19.9 Å². The topological polar surface area (TPSA) is 99.1 Å². The number of nitriles is 2. The van der Waals surface area contributed by atoms with Gasteiger partial charge in [-0.25, -0.2) is 4.98 Å². The first-order valence-electron chi connectivity index (χ1n) is 8.43. The highest BCUT2D eigenvalue weighted by molar-refractivity contribution is 5.89. The molecule has 130 valence electrons. The summed E-state index contributed by atoms with van der Waals surface area (Å²) < 4.78 is 0. The lowest BCUT2D eigenvalue weighted by molar-refractivity contribution is 1.24. The fourth-order valence-corrected chi connectivity index (χ4v) is 3.05. The van der Waals surface area contributed by atoms with E-state index < -0.39 is 0 Å². The Hall–Kier alpha value is -4.42. The minimum atomic E-state index is 0.340. The van der Waals surface area contributed by atoms with Crippen LogP contribution < -0.4 is 0 Å². The molecule has 0 aromatic carbocycles. The van der Waals surface area contributed by atoms with Crippen LogP contribution >= 0.6 is 0 Å². The van der Waals surface area contributed by atoms with Gasteiger partial charge in [-0.05, 0) is 42.0 Å². The number of hydrogen-bond donors (Lipinski definition) is 0. The molecule has 0 amide bonds. The van der Waals surface area contributed by atoms with Crippen molar-refractivity contribution in [3.8, 4) is 45.8 Å². The van der Waals surface area contributed by atoms with Crippen LogP contribution in [0.5, 0.6) is 0 Å². The van der Waals surface area contributed by atoms with Crippen LogP contribution in [0.25, 0.3) is 33.6 Å². The van der Waals surface area contributed by atoms with Gasteiger partial charge in [0, 0.05) is 53.9 Å². The Morgan fingerprint density at radius 3 is 1.25 bits per heavy atom. The zero-order valence-corrected chi connectivity index (χ0v) is 14.6. The Morgan fingerprint density at radius 1 is 0.536 bits per heavy atom. The molecule has 28 heavy (non-hydrogen) atoms. The van der Waals surface area contributed by atoms with Crippen molar-refractivity contribution in [1.29, 1.82) is 10.5 Å². The molecule has 0 unspecified atom stereocenters. The molecular weight excluding hydrogens is 348 g/mol. The highest BCUT2D eigenvalue weighted by Gasteiger charge is 2.22. The zero-order chi connectivity index (χ0) is 19.3. The van der Waals surface area contributed by atoms with Gasteiger partial charge in [0.1, 0.15) is 12.1 Å². The summed E-state index contributed by atoms with van der Waals surface area (Å²) in [4.78, 5) is 16.9. The molecule has 0 saturated heterocycles. The van der Waals surface area contributed by atoms with E-state index >= 15 is 0 Å². The molecule has 0 saturated carbocycles. The maximum Gasteiger partial charge on any atom is 0.102 e. The number of nitrogens with zero attached hydrogens (tertiary/aromatic N) is 6. The van der Waals surface area contributed by atoms with Crippen molar-refractivity contribution in [3.63, 3.8) is 0 Å². The van der Waals surface area contributed by atoms with Crippen LogP contribution in [0.3, 0.4) is 0 Å². The molecule has 0 atom stereocenters. The van der Waals surface area contributed by atoms with Gasteiger partial charge < -0.3 is 0 Å². The molecule has 0 aliphatic carbocycles. The second kappa shape index (κ2) is 7.45. The first kappa shape index (κ1) is 17.0. The molecule has 6 nitrogen and oxygen atoms in total. The van der Waals surface area contributed by atoms with E-state index in [9.17, 15) is 10.5 Å². The predicted molar refractivity (Wildman–Crippen MR) is 103 cm³/mol. The lowest BCUT2D eigenvalue weighted by Gasteiger charge is -2.15. The summed E-state index contributed by atoms with van der Waals surface area (Å²) in [5.41, 5.74) is 4.46. The first-order valence-corrected chi connectivity index (χ1v) is 8.43. The van der Waals surface area contributed by atoms with E-state index in [1.54, 1.807) is 73.6 Å². The van der Waals surface area contributed by atoms with Gasteiger partial charge in [-0.15, -0.1) is 0 Å². The second-order valence-electron chi connectivity index (χ2n) is 5.87. The summed E-state index contributed by atoms with van der Waals surface area (Å²) in [6.45, 7) is 0. The summed E-state index contributed by atoms with van der Waals surface area (Å²) in [7, 11) is 0. The van der Waals surface area contributed by atoms with Crippen molar-refractivity contribution in [2.45, 2.75) is 0 Å². The summed E-state index contributed by atoms with van der Waals surface area (Å²) in [5, 5.41) is 19.9. The van der Waals surface area contributed by atoms with Crippen LogP contribution in [-0.4, -0.2) is 19.9 Å². The van der Waals surface area contributed by atoms with Gasteiger partial charge in [-0.3, -0.25) is 15.0 Å². The molecule has 0 radical (unpaired) electrons. The van der Waals surface area contributed by atoms with E-state index in [1.807, 2.05) is 0 Å². The van der Waals surface area contributed by atoms with Gasteiger partial charge in [0.15, 0.2) is 0 Å². The third-order valence-electron chi connectivity index (χ3n) is 4.30. The predicted octanol–water partition coefficient (Wildman–Crippen LogP) is 4.01. The number of rotatable bonds is 3. The first-order chi connectivity index (χ1) is 13.8. The molecule has 0 aliphatic heterocycles. The minimum Gasteiger partial charge on any atom is -0.265 e. The molecule has 6 heteroatoms. The van der Waals surface area contributed by atoms with Crippen molar-refractivity contribution in [3.05, 3.63) is 84.7 Å². The van der Waals surface area contributed by atoms with Crippen LogP contribution in [0.2, 0.25) is 0 Å². The fraction of sp³-hybridized carbons (Fsp3) is 0. The van der Waals surface area contributed by atoms with Crippen molar-refractivity contribution in [2.24, 2.45) is 0 Å². The minimum absolute atomic E-state index is 0.340. The average Bonchev–Trinajstić information content (AvgIpc) is 2.79. The lowest BCUT2D eigenvalue weighted by Crippen LogP contribution is -2.02. The maximum absolute atomic E-state index is 9.96. The highest BCUT2D eigenvalue weighted by atomic mass is 14.7. The quantitative estimate of drug-likeness (QED) is 0.547. The van der Waals surface area contributed by atoms with Gasteiger partial charge in [-0.1, -0.05) is 0 Å². The smallest absolute Gasteiger partial charge is 0.102 e. The fourth-order valence-electron chi connectivity index (χ4n) is 3.05. The molecule has 0 aliphatic rings. The molecule has 4 aromatic rings. The third kappa shape index (κ3) is 2.96. The molecule has 4 heterocycles. The Bertz CT molecular complexity index is 1130. The SMILES string of the molecule is N#Cc1c(-c2ccncc2)nc(-c2ccncc2)c(C#N)c1-c1ccncc1. The van der Waals surface area contributed by atoms with E-state index in [2.05, 4.69) is 27.1 Å². The molecule has 0 bridgehead atoms. The molecule has 0 spiro atoms. The largest absolute Gasteiger partial charge is 0.265 e. The van der Waals surface area contributed by atoms with E-state index in [1.165, 1.54) is 0 Å². The molecule has 0 N–H and O–H groups in total. The highest BCUT2D eigenvalue weighted by Crippen LogP contribution is 2.37. The standard InChI is InChI=1S/C22H12N6/c23-13-18-20(15-1-7-25-8-2-15)19(14-24)22(17-5-11-27-12-6-17)28-21(18)16-3-9-26-10-4-16/h1-12H. The third-order valence-corrected chi connectivity index (χ3v) is 4.30. The maximum atomic E-state index is 9.96. The van der Waals surface area contributed by atoms with Crippen molar-refractivity contribution in [2.75, 3.05) is 0 Å². The number of aromatic nitrogens is 4. The lowest BCUT2D eigenvalue weighted by atomic mass is 9.90. The second-order valence-corrected chi connectivity index (χ2v) is 5.87. The van der Waals surface area contributed by atoms with Gasteiger partial charge in [0.05, 0.1) is 22.5 Å². The van der Waals surface area contributed by atoms with Crippen molar-refractivity contribution >= 4 is 0 Å². The van der Waals surface area contributed by atoms with Gasteiger partial charge >= 0.3 is 0 Å². The normalized spacial score (nSPS) is 10.1. The zero-order valence-electron chi connectivity index (χ0n) is 14.6. The van der Waals surface area contributed by atoms with E-state index in [-0.39, 0.29) is 0 Å². The molecule has 0 fully saturated rings. The van der Waals surface area contributed by atoms with Gasteiger partial charge in [0.2, 0.25) is 0 Å². The Morgan fingerprint density at radius 2 is 0.893 bits per heavy atom. The molecule has 4 rings (SSSR count). The molecular formula is C22H12N6. The van der Waals surface area contributed by atoms with Crippen LogP contribution in [0, 0.1) is 22.7 Å². The van der Waals surface area contributed by atoms with Crippen LogP contribution in [0.1, 0.15) is 11.1 Å². The summed E-state index contributed by atoms with van der Waals surface area (Å²) >= 11 is 0. The van der Waals surface area contributed by atoms with Crippen LogP contribution in [0.15, 0.2) is 73.6 Å². The summed E-state index contributed by atoms with van der Waals surface area (Å²) in [6.07, 6.45) is 9.86. The number of pyridine rings is 4. The van der Waals surface area contributed by atoms with E-state index in [0.717, 1.165) is 16.7 Å². The molecule has 4 aromatic heterocycles. The Kier molecular flexibility index (Phi) is 4.53. The monoisotopic (exact) mass is 360 g/mol. The Labute approximate surface area is 161 Å². The summed E-state index contributed by atoms with van der Waals surface area (Å²) in [5.74, 6) is 0. The van der Waals surface area contributed by atoms with Crippen LogP contribution in [-0.2, 0) is 0 Å². The number of hydrogen-bond acceptors (Lipinski definition) is 6. The van der Waals surface area contributed by atoms with Gasteiger partial charge in [-0.2, -0.15) is 10.5 Å². The Balaban J connectivity index is 2.15. The van der Waals surface area contributed by atoms with E-state index in [0.29, 0.717) is 28.1 Å². The van der Waals surface area contributed by atoms with E-state index in [4.69, 9.17) is 4.98 Å². The van der Waals surface area contributed by atoms with Crippen molar-refractivity contribution < 1.29 is 0 Å². The average molecular weight is 360 g/mol. The van der Waals surface area contributed by atoms with Crippen LogP contribution in [0.4, 0.5) is 0 Å².